The van der Waals surface area contributed by atoms with Gasteiger partial charge in [0.15, 0.2) is 0 Å². The summed E-state index contributed by atoms with van der Waals surface area (Å²) < 4.78 is 32.9. The number of amides is 1. The number of nitrogens with zero attached hydrogens (tertiary/aromatic N) is 2. The van der Waals surface area contributed by atoms with Crippen LogP contribution in [0.5, 0.6) is 5.75 Å². The summed E-state index contributed by atoms with van der Waals surface area (Å²) in [7, 11) is -2.21. The quantitative estimate of drug-likeness (QED) is 0.621. The summed E-state index contributed by atoms with van der Waals surface area (Å²) >= 11 is 0. The lowest BCUT2D eigenvalue weighted by Gasteiger charge is -2.36. The molecule has 0 aromatic heterocycles. The maximum Gasteiger partial charge on any atom is 0.261 e. The fourth-order valence-corrected chi connectivity index (χ4v) is 4.70. The minimum atomic E-state index is -3.76. The van der Waals surface area contributed by atoms with Gasteiger partial charge >= 0.3 is 0 Å². The number of anilines is 2. The summed E-state index contributed by atoms with van der Waals surface area (Å²) in [4.78, 5) is 17.0. The van der Waals surface area contributed by atoms with Crippen LogP contribution in [-0.2, 0) is 10.0 Å². The topological polar surface area (TPSA) is 78.9 Å². The van der Waals surface area contributed by atoms with Crippen LogP contribution in [0, 0.1) is 0 Å². The minimum absolute atomic E-state index is 0.0928. The van der Waals surface area contributed by atoms with Crippen LogP contribution in [0.4, 0.5) is 11.4 Å². The molecule has 1 heterocycles. The van der Waals surface area contributed by atoms with Crippen LogP contribution < -0.4 is 14.4 Å². The van der Waals surface area contributed by atoms with Gasteiger partial charge < -0.3 is 14.5 Å². The van der Waals surface area contributed by atoms with Crippen molar-refractivity contribution in [1.29, 1.82) is 0 Å². The maximum atomic E-state index is 12.9. The van der Waals surface area contributed by atoms with Crippen LogP contribution in [0.2, 0.25) is 0 Å². The number of rotatable bonds is 6. The predicted molar refractivity (Wildman–Crippen MR) is 125 cm³/mol. The molecule has 7 nitrogen and oxygen atoms in total. The Morgan fingerprint density at radius 2 is 1.47 bits per heavy atom. The highest BCUT2D eigenvalue weighted by Crippen LogP contribution is 2.21. The van der Waals surface area contributed by atoms with Gasteiger partial charge in [-0.1, -0.05) is 18.2 Å². The Morgan fingerprint density at radius 1 is 0.844 bits per heavy atom. The molecule has 0 radical (unpaired) electrons. The van der Waals surface area contributed by atoms with Gasteiger partial charge in [0.25, 0.3) is 15.9 Å². The highest BCUT2D eigenvalue weighted by Gasteiger charge is 2.23. The summed E-state index contributed by atoms with van der Waals surface area (Å²) in [5.41, 5.74) is 2.06. The van der Waals surface area contributed by atoms with E-state index < -0.39 is 10.0 Å². The Hall–Kier alpha value is -3.52. The fourth-order valence-electron chi connectivity index (χ4n) is 3.64. The first-order valence-electron chi connectivity index (χ1n) is 10.3. The van der Waals surface area contributed by atoms with Gasteiger partial charge in [0.2, 0.25) is 0 Å². The largest absolute Gasteiger partial charge is 0.497 e. The van der Waals surface area contributed by atoms with Crippen molar-refractivity contribution >= 4 is 27.3 Å². The van der Waals surface area contributed by atoms with E-state index in [4.69, 9.17) is 4.74 Å². The Labute approximate surface area is 188 Å². The Kier molecular flexibility index (Phi) is 6.32. The molecule has 0 aliphatic carbocycles. The number of ether oxygens (including phenoxy) is 1. The smallest absolute Gasteiger partial charge is 0.261 e. The van der Waals surface area contributed by atoms with Gasteiger partial charge in [-0.2, -0.15) is 0 Å². The Bertz CT molecular complexity index is 1160. The molecular weight excluding hydrogens is 426 g/mol. The van der Waals surface area contributed by atoms with Crippen molar-refractivity contribution < 1.29 is 17.9 Å². The molecule has 0 atom stereocenters. The van der Waals surface area contributed by atoms with E-state index >= 15 is 0 Å². The number of sulfonamides is 1. The van der Waals surface area contributed by atoms with Gasteiger partial charge in [-0.15, -0.1) is 0 Å². The van der Waals surface area contributed by atoms with Gasteiger partial charge in [-0.3, -0.25) is 9.52 Å². The number of benzene rings is 3. The maximum absolute atomic E-state index is 12.9. The lowest BCUT2D eigenvalue weighted by atomic mass is 10.1. The van der Waals surface area contributed by atoms with Crippen LogP contribution in [-0.4, -0.2) is 52.5 Å². The van der Waals surface area contributed by atoms with Crippen molar-refractivity contribution in [1.82, 2.24) is 4.90 Å². The summed E-state index contributed by atoms with van der Waals surface area (Å²) in [5.74, 6) is 0.546. The number of para-hydroxylation sites is 1. The second kappa shape index (κ2) is 9.32. The molecule has 32 heavy (non-hydrogen) atoms. The van der Waals surface area contributed by atoms with Gasteiger partial charge in [-0.25, -0.2) is 8.42 Å². The standard InChI is InChI=1S/C24H25N3O4S/c1-31-22-11-9-20(10-12-22)25-32(29,30)23-13-7-19(8-14-23)24(28)27-17-15-26(16-18-27)21-5-3-2-4-6-21/h2-14,25H,15-18H2,1H3. The molecule has 1 N–H and O–H groups in total. The molecule has 0 spiro atoms. The van der Waals surface area contributed by atoms with Crippen LogP contribution in [0.25, 0.3) is 0 Å². The number of carbonyl (C=O) groups excluding carboxylic acids is 1. The fraction of sp³-hybridized carbons (Fsp3) is 0.208. The summed E-state index contributed by atoms with van der Waals surface area (Å²) in [6.07, 6.45) is 0. The Balaban J connectivity index is 1.39. The molecule has 1 fully saturated rings. The molecule has 1 aliphatic heterocycles. The number of piperazine rings is 1. The monoisotopic (exact) mass is 451 g/mol. The van der Waals surface area contributed by atoms with Crippen molar-refractivity contribution in [3.05, 3.63) is 84.4 Å². The molecule has 0 saturated carbocycles. The van der Waals surface area contributed by atoms with Crippen molar-refractivity contribution in [3.8, 4) is 5.75 Å². The Morgan fingerprint density at radius 3 is 2.06 bits per heavy atom. The lowest BCUT2D eigenvalue weighted by Crippen LogP contribution is -2.48. The lowest BCUT2D eigenvalue weighted by molar-refractivity contribution is 0.0746. The highest BCUT2D eigenvalue weighted by molar-refractivity contribution is 7.92. The van der Waals surface area contributed by atoms with E-state index in [0.29, 0.717) is 30.1 Å². The second-order valence-electron chi connectivity index (χ2n) is 7.47. The zero-order valence-electron chi connectivity index (χ0n) is 17.8. The zero-order chi connectivity index (χ0) is 22.6. The van der Waals surface area contributed by atoms with Gasteiger partial charge in [-0.05, 0) is 60.7 Å². The second-order valence-corrected chi connectivity index (χ2v) is 9.16. The molecule has 4 rings (SSSR count). The third kappa shape index (κ3) is 4.86. The van der Waals surface area contributed by atoms with E-state index in [1.54, 1.807) is 48.4 Å². The average molecular weight is 452 g/mol. The molecule has 1 aliphatic rings. The van der Waals surface area contributed by atoms with E-state index in [2.05, 4.69) is 21.8 Å². The van der Waals surface area contributed by atoms with E-state index in [0.717, 1.165) is 18.8 Å². The van der Waals surface area contributed by atoms with E-state index in [9.17, 15) is 13.2 Å². The number of nitrogens with one attached hydrogen (secondary N) is 1. The van der Waals surface area contributed by atoms with Gasteiger partial charge in [0.1, 0.15) is 5.75 Å². The summed E-state index contributed by atoms with van der Waals surface area (Å²) in [6.45, 7) is 2.75. The van der Waals surface area contributed by atoms with Gasteiger partial charge in [0, 0.05) is 43.1 Å². The molecule has 8 heteroatoms. The molecule has 0 bridgehead atoms. The molecule has 0 unspecified atom stereocenters. The SMILES string of the molecule is COc1ccc(NS(=O)(=O)c2ccc(C(=O)N3CCN(c4ccccc4)CC3)cc2)cc1. The van der Waals surface area contributed by atoms with E-state index in [1.807, 2.05) is 18.2 Å². The van der Waals surface area contributed by atoms with Crippen LogP contribution >= 0.6 is 0 Å². The highest BCUT2D eigenvalue weighted by atomic mass is 32.2. The first-order valence-corrected chi connectivity index (χ1v) is 11.8. The average Bonchev–Trinajstić information content (AvgIpc) is 2.84. The molecular formula is C24H25N3O4S. The molecule has 1 amide bonds. The van der Waals surface area contributed by atoms with Crippen LogP contribution in [0.15, 0.2) is 83.8 Å². The van der Waals surface area contributed by atoms with Crippen molar-refractivity contribution in [2.45, 2.75) is 4.90 Å². The third-order valence-electron chi connectivity index (χ3n) is 5.44. The minimum Gasteiger partial charge on any atom is -0.497 e. The third-order valence-corrected chi connectivity index (χ3v) is 6.84. The van der Waals surface area contributed by atoms with Crippen molar-refractivity contribution in [2.75, 3.05) is 42.9 Å². The van der Waals surface area contributed by atoms with E-state index in [1.165, 1.54) is 12.1 Å². The first-order chi connectivity index (χ1) is 15.5. The molecule has 3 aromatic rings. The number of methoxy groups -OCH3 is 1. The normalized spacial score (nSPS) is 14.2. The summed E-state index contributed by atoms with van der Waals surface area (Å²) in [6, 6.07) is 22.8. The zero-order valence-corrected chi connectivity index (χ0v) is 18.6. The molecule has 1 saturated heterocycles. The van der Waals surface area contributed by atoms with Gasteiger partial charge in [0.05, 0.1) is 12.0 Å². The predicted octanol–water partition coefficient (Wildman–Crippen LogP) is 3.46. The number of hydrogen-bond donors (Lipinski definition) is 1. The van der Waals surface area contributed by atoms with Crippen molar-refractivity contribution in [2.24, 2.45) is 0 Å². The summed E-state index contributed by atoms with van der Waals surface area (Å²) in [5, 5.41) is 0. The number of carbonyl (C=O) groups is 1. The molecule has 3 aromatic carbocycles. The van der Waals surface area contributed by atoms with Crippen molar-refractivity contribution in [3.63, 3.8) is 0 Å². The first kappa shape index (κ1) is 21.7. The van der Waals surface area contributed by atoms with Crippen LogP contribution in [0.1, 0.15) is 10.4 Å². The number of hydrogen-bond acceptors (Lipinski definition) is 5. The molecule has 166 valence electrons. The van der Waals surface area contributed by atoms with E-state index in [-0.39, 0.29) is 10.8 Å². The van der Waals surface area contributed by atoms with Crippen LogP contribution in [0.3, 0.4) is 0 Å².